The van der Waals surface area contributed by atoms with Crippen molar-refractivity contribution in [3.8, 4) is 11.8 Å². The predicted molar refractivity (Wildman–Crippen MR) is 80.6 cm³/mol. The van der Waals surface area contributed by atoms with Gasteiger partial charge in [-0.15, -0.1) is 0 Å². The Morgan fingerprint density at radius 3 is 2.78 bits per heavy atom. The Morgan fingerprint density at radius 2 is 2.17 bits per heavy atom. The molecule has 1 aliphatic rings. The van der Waals surface area contributed by atoms with E-state index in [1.807, 2.05) is 0 Å². The first-order valence-electron chi connectivity index (χ1n) is 7.30. The summed E-state index contributed by atoms with van der Waals surface area (Å²) in [6.07, 6.45) is -0.542. The fourth-order valence-corrected chi connectivity index (χ4v) is 2.78. The van der Waals surface area contributed by atoms with Crippen LogP contribution in [0.25, 0.3) is 0 Å². The highest BCUT2D eigenvalue weighted by Crippen LogP contribution is 2.42. The van der Waals surface area contributed by atoms with Crippen molar-refractivity contribution in [2.45, 2.75) is 44.9 Å². The molecule has 0 saturated heterocycles. The minimum absolute atomic E-state index is 0.331. The molecule has 23 heavy (non-hydrogen) atoms. The molecule has 0 bridgehead atoms. The minimum Gasteiger partial charge on any atom is -0.484 e. The van der Waals surface area contributed by atoms with E-state index in [-0.39, 0.29) is 0 Å². The monoisotopic (exact) mass is 314 g/mol. The Labute approximate surface area is 133 Å². The number of nitrogens with zero attached hydrogens (tertiary/aromatic N) is 3. The second kappa shape index (κ2) is 5.33. The molecule has 2 heterocycles. The van der Waals surface area contributed by atoms with Crippen LogP contribution in [-0.2, 0) is 6.42 Å². The molecular formula is C16H18N4O3. The zero-order valence-electron chi connectivity index (χ0n) is 13.2. The van der Waals surface area contributed by atoms with Crippen molar-refractivity contribution in [2.24, 2.45) is 5.73 Å². The highest BCUT2D eigenvalue weighted by atomic mass is 16.5. The van der Waals surface area contributed by atoms with E-state index in [4.69, 9.17) is 15.0 Å². The van der Waals surface area contributed by atoms with Crippen LogP contribution >= 0.6 is 0 Å². The summed E-state index contributed by atoms with van der Waals surface area (Å²) in [5.41, 5.74) is 7.12. The molecule has 0 radical (unpaired) electrons. The number of aryl methyl sites for hydroxylation is 1. The summed E-state index contributed by atoms with van der Waals surface area (Å²) >= 11 is 0. The number of fused-ring (bicyclic) bond motifs is 1. The SMILES string of the molecule is Cc1noc(Cc2cc(C#N)cc3c2OC(C)(C)C(O)C3N)n1. The van der Waals surface area contributed by atoms with E-state index in [0.29, 0.717) is 35.0 Å². The Kier molecular flexibility index (Phi) is 3.59. The number of rotatable bonds is 2. The zero-order chi connectivity index (χ0) is 16.8. The summed E-state index contributed by atoms with van der Waals surface area (Å²) in [6, 6.07) is 4.85. The number of hydrogen-bond acceptors (Lipinski definition) is 7. The molecule has 7 nitrogen and oxygen atoms in total. The zero-order valence-corrected chi connectivity index (χ0v) is 13.2. The lowest BCUT2D eigenvalue weighted by Gasteiger charge is -2.41. The van der Waals surface area contributed by atoms with Crippen LogP contribution in [0, 0.1) is 18.3 Å². The highest BCUT2D eigenvalue weighted by molar-refractivity contribution is 5.52. The molecule has 7 heteroatoms. The van der Waals surface area contributed by atoms with Crippen LogP contribution < -0.4 is 10.5 Å². The lowest BCUT2D eigenvalue weighted by Crippen LogP contribution is -2.51. The molecule has 120 valence electrons. The van der Waals surface area contributed by atoms with Gasteiger partial charge in [-0.05, 0) is 32.9 Å². The van der Waals surface area contributed by atoms with Gasteiger partial charge in [0.2, 0.25) is 5.89 Å². The molecule has 3 rings (SSSR count). The maximum atomic E-state index is 10.3. The second-order valence-corrected chi connectivity index (χ2v) is 6.25. The van der Waals surface area contributed by atoms with E-state index in [0.717, 1.165) is 5.56 Å². The third-order valence-electron chi connectivity index (χ3n) is 4.01. The molecule has 3 N–H and O–H groups in total. The van der Waals surface area contributed by atoms with Crippen LogP contribution in [0.5, 0.6) is 5.75 Å². The quantitative estimate of drug-likeness (QED) is 0.859. The molecule has 2 atom stereocenters. The summed E-state index contributed by atoms with van der Waals surface area (Å²) in [5.74, 6) is 1.54. The van der Waals surface area contributed by atoms with E-state index < -0.39 is 17.7 Å². The van der Waals surface area contributed by atoms with Crippen LogP contribution in [0.15, 0.2) is 16.7 Å². The van der Waals surface area contributed by atoms with Gasteiger partial charge in [-0.2, -0.15) is 10.2 Å². The van der Waals surface area contributed by atoms with E-state index >= 15 is 0 Å². The van der Waals surface area contributed by atoms with Crippen LogP contribution in [0.3, 0.4) is 0 Å². The summed E-state index contributed by atoms with van der Waals surface area (Å²) in [6.45, 7) is 5.29. The van der Waals surface area contributed by atoms with E-state index in [9.17, 15) is 10.4 Å². The first kappa shape index (κ1) is 15.5. The van der Waals surface area contributed by atoms with Crippen molar-refractivity contribution in [1.29, 1.82) is 5.26 Å². The van der Waals surface area contributed by atoms with Crippen molar-refractivity contribution >= 4 is 0 Å². The van der Waals surface area contributed by atoms with Gasteiger partial charge < -0.3 is 20.1 Å². The van der Waals surface area contributed by atoms with Gasteiger partial charge in [0.15, 0.2) is 5.82 Å². The fourth-order valence-electron chi connectivity index (χ4n) is 2.78. The van der Waals surface area contributed by atoms with Gasteiger partial charge >= 0.3 is 0 Å². The molecule has 0 spiro atoms. The summed E-state index contributed by atoms with van der Waals surface area (Å²) < 4.78 is 11.1. The van der Waals surface area contributed by atoms with Gasteiger partial charge in [0.25, 0.3) is 0 Å². The molecule has 0 aliphatic carbocycles. The Hall–Kier alpha value is -2.43. The third-order valence-corrected chi connectivity index (χ3v) is 4.01. The number of nitriles is 1. The van der Waals surface area contributed by atoms with Gasteiger partial charge in [0.05, 0.1) is 24.1 Å². The van der Waals surface area contributed by atoms with Gasteiger partial charge in [-0.3, -0.25) is 0 Å². The molecule has 2 unspecified atom stereocenters. The Bertz CT molecular complexity index is 791. The molecule has 1 aromatic heterocycles. The lowest BCUT2D eigenvalue weighted by atomic mass is 9.85. The highest BCUT2D eigenvalue weighted by Gasteiger charge is 2.42. The van der Waals surface area contributed by atoms with Gasteiger partial charge in [0, 0.05) is 11.1 Å². The molecule has 1 aliphatic heterocycles. The first-order chi connectivity index (χ1) is 10.8. The maximum absolute atomic E-state index is 10.3. The fraction of sp³-hybridized carbons (Fsp3) is 0.438. The van der Waals surface area contributed by atoms with E-state index in [2.05, 4.69) is 16.2 Å². The molecule has 0 saturated carbocycles. The minimum atomic E-state index is -0.873. The smallest absolute Gasteiger partial charge is 0.231 e. The van der Waals surface area contributed by atoms with Crippen LogP contribution in [-0.4, -0.2) is 27.0 Å². The van der Waals surface area contributed by atoms with Gasteiger partial charge in [0.1, 0.15) is 17.5 Å². The average molecular weight is 314 g/mol. The maximum Gasteiger partial charge on any atom is 0.231 e. The first-order valence-corrected chi connectivity index (χ1v) is 7.30. The Balaban J connectivity index is 2.11. The van der Waals surface area contributed by atoms with E-state index in [1.54, 1.807) is 32.9 Å². The average Bonchev–Trinajstić information content (AvgIpc) is 2.91. The van der Waals surface area contributed by atoms with Crippen molar-refractivity contribution < 1.29 is 14.4 Å². The van der Waals surface area contributed by atoms with Crippen molar-refractivity contribution in [2.75, 3.05) is 0 Å². The standard InChI is InChI=1S/C16H18N4O3/c1-8-19-12(23-20-8)6-10-4-9(7-17)5-11-13(18)15(21)16(2,3)22-14(10)11/h4-5,13,15,21H,6,18H2,1-3H3. The van der Waals surface area contributed by atoms with Crippen LogP contribution in [0.2, 0.25) is 0 Å². The number of hydrogen-bond donors (Lipinski definition) is 2. The van der Waals surface area contributed by atoms with E-state index in [1.165, 1.54) is 0 Å². The van der Waals surface area contributed by atoms with Crippen molar-refractivity contribution in [1.82, 2.24) is 10.1 Å². The van der Waals surface area contributed by atoms with Gasteiger partial charge in [-0.1, -0.05) is 5.16 Å². The third kappa shape index (κ3) is 2.67. The predicted octanol–water partition coefficient (Wildman–Crippen LogP) is 1.37. The van der Waals surface area contributed by atoms with Crippen molar-refractivity contribution in [3.63, 3.8) is 0 Å². The molecule has 0 amide bonds. The summed E-state index contributed by atoms with van der Waals surface area (Å²) in [4.78, 5) is 4.18. The summed E-state index contributed by atoms with van der Waals surface area (Å²) in [5, 5.41) is 23.3. The number of aliphatic hydroxyl groups is 1. The summed E-state index contributed by atoms with van der Waals surface area (Å²) in [7, 11) is 0. The number of nitrogens with two attached hydrogens (primary N) is 1. The normalized spacial score (nSPS) is 22.1. The largest absolute Gasteiger partial charge is 0.484 e. The second-order valence-electron chi connectivity index (χ2n) is 6.25. The number of benzene rings is 1. The number of aliphatic hydroxyl groups excluding tert-OH is 1. The molecule has 0 fully saturated rings. The Morgan fingerprint density at radius 1 is 1.43 bits per heavy atom. The number of aromatic nitrogens is 2. The van der Waals surface area contributed by atoms with Gasteiger partial charge in [-0.25, -0.2) is 0 Å². The number of ether oxygens (including phenoxy) is 1. The van der Waals surface area contributed by atoms with Crippen LogP contribution in [0.4, 0.5) is 0 Å². The topological polar surface area (TPSA) is 118 Å². The lowest BCUT2D eigenvalue weighted by molar-refractivity contribution is -0.0577. The molecular weight excluding hydrogens is 296 g/mol. The molecule has 2 aromatic rings. The van der Waals surface area contributed by atoms with Crippen LogP contribution in [0.1, 0.15) is 48.3 Å². The van der Waals surface area contributed by atoms with Crippen molar-refractivity contribution in [3.05, 3.63) is 40.5 Å². The molecule has 1 aromatic carbocycles.